The van der Waals surface area contributed by atoms with E-state index in [0.29, 0.717) is 11.3 Å². The molecule has 0 aliphatic rings. The van der Waals surface area contributed by atoms with Gasteiger partial charge in [-0.2, -0.15) is 5.10 Å². The zero-order valence-corrected chi connectivity index (χ0v) is 13.7. The van der Waals surface area contributed by atoms with E-state index >= 15 is 0 Å². The van der Waals surface area contributed by atoms with E-state index in [1.54, 1.807) is 31.4 Å². The van der Waals surface area contributed by atoms with Crippen LogP contribution < -0.4 is 5.32 Å². The van der Waals surface area contributed by atoms with Crippen molar-refractivity contribution in [2.75, 3.05) is 11.1 Å². The Labute approximate surface area is 131 Å². The average molecular weight is 372 g/mol. The van der Waals surface area contributed by atoms with Crippen LogP contribution in [-0.2, 0) is 27.4 Å². The van der Waals surface area contributed by atoms with E-state index in [0.717, 1.165) is 4.47 Å². The molecule has 1 heterocycles. The SMILES string of the molecule is Cn1cc(NC(=O)CS(=O)(=O)Cc2cccc(Br)c2)cn1. The summed E-state index contributed by atoms with van der Waals surface area (Å²) in [5.41, 5.74) is 1.11. The minimum absolute atomic E-state index is 0.174. The molecule has 0 unspecified atom stereocenters. The van der Waals surface area contributed by atoms with Gasteiger partial charge in [0.2, 0.25) is 5.91 Å². The molecule has 112 valence electrons. The van der Waals surface area contributed by atoms with Gasteiger partial charge in [0.1, 0.15) is 5.75 Å². The topological polar surface area (TPSA) is 81.1 Å². The van der Waals surface area contributed by atoms with Gasteiger partial charge in [-0.05, 0) is 17.7 Å². The van der Waals surface area contributed by atoms with E-state index in [-0.39, 0.29) is 5.75 Å². The third kappa shape index (κ3) is 4.98. The molecule has 0 bridgehead atoms. The summed E-state index contributed by atoms with van der Waals surface area (Å²) >= 11 is 3.28. The number of hydrogen-bond donors (Lipinski definition) is 1. The van der Waals surface area contributed by atoms with Gasteiger partial charge in [0.15, 0.2) is 9.84 Å². The first-order chi connectivity index (χ1) is 9.84. The lowest BCUT2D eigenvalue weighted by Gasteiger charge is -2.05. The van der Waals surface area contributed by atoms with Crippen molar-refractivity contribution in [1.82, 2.24) is 9.78 Å². The highest BCUT2D eigenvalue weighted by atomic mass is 79.9. The van der Waals surface area contributed by atoms with Crippen LogP contribution in [0.5, 0.6) is 0 Å². The second-order valence-corrected chi connectivity index (χ2v) is 7.59. The van der Waals surface area contributed by atoms with Crippen LogP contribution in [0.2, 0.25) is 0 Å². The lowest BCUT2D eigenvalue weighted by atomic mass is 10.2. The smallest absolute Gasteiger partial charge is 0.239 e. The van der Waals surface area contributed by atoms with E-state index in [2.05, 4.69) is 26.3 Å². The van der Waals surface area contributed by atoms with E-state index in [4.69, 9.17) is 0 Å². The quantitative estimate of drug-likeness (QED) is 0.867. The van der Waals surface area contributed by atoms with Crippen LogP contribution in [0.15, 0.2) is 41.1 Å². The fourth-order valence-corrected chi connectivity index (χ4v) is 3.52. The van der Waals surface area contributed by atoms with Gasteiger partial charge in [-0.25, -0.2) is 8.42 Å². The molecule has 1 amide bonds. The number of rotatable bonds is 5. The Morgan fingerprint density at radius 3 is 2.81 bits per heavy atom. The van der Waals surface area contributed by atoms with Gasteiger partial charge >= 0.3 is 0 Å². The van der Waals surface area contributed by atoms with Gasteiger partial charge < -0.3 is 5.32 Å². The number of halogens is 1. The van der Waals surface area contributed by atoms with E-state index in [1.165, 1.54) is 10.9 Å². The van der Waals surface area contributed by atoms with Crippen molar-refractivity contribution in [2.24, 2.45) is 7.05 Å². The maximum atomic E-state index is 12.0. The third-order valence-corrected chi connectivity index (χ3v) is 4.58. The summed E-state index contributed by atoms with van der Waals surface area (Å²) in [6, 6.07) is 6.99. The molecule has 0 radical (unpaired) electrons. The molecular weight excluding hydrogens is 358 g/mol. The molecule has 2 aromatic rings. The molecule has 6 nitrogen and oxygen atoms in total. The molecule has 0 aliphatic heterocycles. The van der Waals surface area contributed by atoms with Crippen molar-refractivity contribution in [2.45, 2.75) is 5.75 Å². The Balaban J connectivity index is 1.98. The summed E-state index contributed by atoms with van der Waals surface area (Å²) in [6.07, 6.45) is 3.05. The Morgan fingerprint density at radius 2 is 2.19 bits per heavy atom. The fourth-order valence-electron chi connectivity index (χ4n) is 1.81. The Hall–Kier alpha value is -1.67. The summed E-state index contributed by atoms with van der Waals surface area (Å²) in [5, 5.41) is 6.40. The first-order valence-electron chi connectivity index (χ1n) is 6.07. The summed E-state index contributed by atoms with van der Waals surface area (Å²) in [4.78, 5) is 11.8. The summed E-state index contributed by atoms with van der Waals surface area (Å²) in [5.74, 6) is -1.31. The van der Waals surface area contributed by atoms with Crippen LogP contribution in [0.1, 0.15) is 5.56 Å². The number of amides is 1. The Morgan fingerprint density at radius 1 is 1.43 bits per heavy atom. The zero-order chi connectivity index (χ0) is 15.5. The number of carbonyl (C=O) groups is 1. The molecule has 1 aromatic heterocycles. The summed E-state index contributed by atoms with van der Waals surface area (Å²) < 4.78 is 26.4. The van der Waals surface area contributed by atoms with Crippen molar-refractivity contribution in [3.05, 3.63) is 46.7 Å². The van der Waals surface area contributed by atoms with Crippen molar-refractivity contribution in [3.8, 4) is 0 Å². The number of sulfone groups is 1. The van der Waals surface area contributed by atoms with Crippen LogP contribution in [-0.4, -0.2) is 29.9 Å². The minimum atomic E-state index is -3.52. The van der Waals surface area contributed by atoms with Crippen LogP contribution in [0, 0.1) is 0 Å². The van der Waals surface area contributed by atoms with Crippen molar-refractivity contribution >= 4 is 37.4 Å². The van der Waals surface area contributed by atoms with Gasteiger partial charge in [-0.15, -0.1) is 0 Å². The van der Waals surface area contributed by atoms with Gasteiger partial charge in [0.05, 0.1) is 17.6 Å². The first-order valence-corrected chi connectivity index (χ1v) is 8.69. The molecule has 8 heteroatoms. The monoisotopic (exact) mass is 371 g/mol. The van der Waals surface area contributed by atoms with E-state index in [1.807, 2.05) is 6.07 Å². The van der Waals surface area contributed by atoms with Crippen molar-refractivity contribution in [1.29, 1.82) is 0 Å². The lowest BCUT2D eigenvalue weighted by Crippen LogP contribution is -2.23. The summed E-state index contributed by atoms with van der Waals surface area (Å²) in [7, 11) is -1.82. The molecule has 0 atom stereocenters. The molecule has 21 heavy (non-hydrogen) atoms. The van der Waals surface area contributed by atoms with E-state index < -0.39 is 21.5 Å². The molecule has 1 aromatic carbocycles. The van der Waals surface area contributed by atoms with Gasteiger partial charge in [0, 0.05) is 17.7 Å². The van der Waals surface area contributed by atoms with Crippen LogP contribution in [0.3, 0.4) is 0 Å². The number of aromatic nitrogens is 2. The number of anilines is 1. The van der Waals surface area contributed by atoms with Crippen LogP contribution >= 0.6 is 15.9 Å². The predicted octanol–water partition coefficient (Wildman–Crippen LogP) is 1.74. The molecule has 0 spiro atoms. The number of hydrogen-bond acceptors (Lipinski definition) is 4. The number of nitrogens with zero attached hydrogens (tertiary/aromatic N) is 2. The second-order valence-electron chi connectivity index (χ2n) is 4.61. The molecular formula is C13H14BrN3O3S. The second kappa shape index (κ2) is 6.40. The normalized spacial score (nSPS) is 11.3. The molecule has 0 saturated heterocycles. The zero-order valence-electron chi connectivity index (χ0n) is 11.3. The Kier molecular flexibility index (Phi) is 4.79. The number of carbonyl (C=O) groups excluding carboxylic acids is 1. The van der Waals surface area contributed by atoms with Crippen LogP contribution in [0.25, 0.3) is 0 Å². The molecule has 1 N–H and O–H groups in total. The van der Waals surface area contributed by atoms with Crippen molar-refractivity contribution in [3.63, 3.8) is 0 Å². The highest BCUT2D eigenvalue weighted by molar-refractivity contribution is 9.10. The largest absolute Gasteiger partial charge is 0.323 e. The maximum absolute atomic E-state index is 12.0. The standard InChI is InChI=1S/C13H14BrN3O3S/c1-17-7-12(6-15-17)16-13(18)9-21(19,20)8-10-3-2-4-11(14)5-10/h2-7H,8-9H2,1H3,(H,16,18). The van der Waals surface area contributed by atoms with Crippen molar-refractivity contribution < 1.29 is 13.2 Å². The highest BCUT2D eigenvalue weighted by Gasteiger charge is 2.18. The lowest BCUT2D eigenvalue weighted by molar-refractivity contribution is -0.113. The number of benzene rings is 1. The summed E-state index contributed by atoms with van der Waals surface area (Å²) in [6.45, 7) is 0. The highest BCUT2D eigenvalue weighted by Crippen LogP contribution is 2.14. The molecule has 0 aliphatic carbocycles. The Bertz CT molecular complexity index is 756. The molecule has 0 fully saturated rings. The van der Waals surface area contributed by atoms with Gasteiger partial charge in [0.25, 0.3) is 0 Å². The average Bonchev–Trinajstić information content (AvgIpc) is 2.72. The van der Waals surface area contributed by atoms with E-state index in [9.17, 15) is 13.2 Å². The predicted molar refractivity (Wildman–Crippen MR) is 83.5 cm³/mol. The fraction of sp³-hybridized carbons (Fsp3) is 0.231. The number of aryl methyl sites for hydroxylation is 1. The first kappa shape index (κ1) is 15.7. The van der Waals surface area contributed by atoms with Gasteiger partial charge in [-0.3, -0.25) is 9.48 Å². The maximum Gasteiger partial charge on any atom is 0.239 e. The van der Waals surface area contributed by atoms with Gasteiger partial charge in [-0.1, -0.05) is 28.1 Å². The molecule has 0 saturated carbocycles. The number of nitrogens with one attached hydrogen (secondary N) is 1. The van der Waals surface area contributed by atoms with Crippen LogP contribution in [0.4, 0.5) is 5.69 Å². The molecule has 2 rings (SSSR count). The minimum Gasteiger partial charge on any atom is -0.323 e. The third-order valence-electron chi connectivity index (χ3n) is 2.62.